The highest BCUT2D eigenvalue weighted by molar-refractivity contribution is 9.10. The maximum absolute atomic E-state index is 10.8. The van der Waals surface area contributed by atoms with Crippen molar-refractivity contribution in [1.29, 1.82) is 0 Å². The minimum Gasteiger partial charge on any atom is -0.506 e. The van der Waals surface area contributed by atoms with Crippen LogP contribution in [0.3, 0.4) is 0 Å². The van der Waals surface area contributed by atoms with Gasteiger partial charge in [-0.15, -0.1) is 0 Å². The number of fused-ring (bicyclic) bond motifs is 1. The fraction of sp³-hybridized carbons (Fsp3) is 0.500. The van der Waals surface area contributed by atoms with E-state index >= 15 is 0 Å². The maximum atomic E-state index is 10.8. The summed E-state index contributed by atoms with van der Waals surface area (Å²) >= 11 is 3.43. The second-order valence-electron chi connectivity index (χ2n) is 5.07. The van der Waals surface area contributed by atoms with Gasteiger partial charge in [-0.05, 0) is 65.2 Å². The zero-order valence-electron chi connectivity index (χ0n) is 10.9. The van der Waals surface area contributed by atoms with E-state index in [9.17, 15) is 9.90 Å². The lowest BCUT2D eigenvalue weighted by molar-refractivity contribution is -0.137. The standard InChI is InChI=1S/C14H18BrNO3/c1-7-8-4-2-3-5-9(8)13(15)14(19)12(7)10(16)6-11(17)18/h10,19H,2-6,16H2,1H3,(H,17,18). The lowest BCUT2D eigenvalue weighted by Crippen LogP contribution is -2.19. The molecule has 0 radical (unpaired) electrons. The van der Waals surface area contributed by atoms with Crippen LogP contribution >= 0.6 is 15.9 Å². The summed E-state index contributed by atoms with van der Waals surface area (Å²) in [5.41, 5.74) is 9.81. The maximum Gasteiger partial charge on any atom is 0.305 e. The van der Waals surface area contributed by atoms with Crippen molar-refractivity contribution < 1.29 is 15.0 Å². The van der Waals surface area contributed by atoms with Crippen molar-refractivity contribution >= 4 is 21.9 Å². The Labute approximate surface area is 120 Å². The van der Waals surface area contributed by atoms with Crippen molar-refractivity contribution in [3.63, 3.8) is 0 Å². The summed E-state index contributed by atoms with van der Waals surface area (Å²) in [5, 5.41) is 19.2. The molecular formula is C14H18BrNO3. The first-order chi connectivity index (χ1) is 8.93. The fourth-order valence-corrected chi connectivity index (χ4v) is 3.56. The Kier molecular flexibility index (Phi) is 4.16. The number of phenols is 1. The third-order valence-electron chi connectivity index (χ3n) is 3.82. The van der Waals surface area contributed by atoms with Crippen LogP contribution in [0.5, 0.6) is 5.75 Å². The van der Waals surface area contributed by atoms with Crippen molar-refractivity contribution in [2.24, 2.45) is 5.73 Å². The quantitative estimate of drug-likeness (QED) is 0.797. The van der Waals surface area contributed by atoms with E-state index in [4.69, 9.17) is 10.8 Å². The van der Waals surface area contributed by atoms with Gasteiger partial charge in [0.1, 0.15) is 5.75 Å². The van der Waals surface area contributed by atoms with Gasteiger partial charge in [0.25, 0.3) is 0 Å². The Balaban J connectivity index is 2.55. The van der Waals surface area contributed by atoms with E-state index in [-0.39, 0.29) is 12.2 Å². The Bertz CT molecular complexity index is 528. The van der Waals surface area contributed by atoms with Gasteiger partial charge in [0.15, 0.2) is 0 Å². The summed E-state index contributed by atoms with van der Waals surface area (Å²) in [6.45, 7) is 1.92. The summed E-state index contributed by atoms with van der Waals surface area (Å²) in [4.78, 5) is 10.8. The van der Waals surface area contributed by atoms with Crippen molar-refractivity contribution in [2.75, 3.05) is 0 Å². The number of halogens is 1. The molecule has 1 aromatic rings. The van der Waals surface area contributed by atoms with Gasteiger partial charge in [0.2, 0.25) is 0 Å². The molecule has 0 aliphatic heterocycles. The molecule has 1 atom stereocenters. The van der Waals surface area contributed by atoms with Crippen LogP contribution in [-0.2, 0) is 17.6 Å². The first-order valence-corrected chi connectivity index (χ1v) is 7.22. The van der Waals surface area contributed by atoms with Crippen LogP contribution in [0, 0.1) is 6.92 Å². The molecule has 0 amide bonds. The molecule has 0 aromatic heterocycles. The van der Waals surface area contributed by atoms with Gasteiger partial charge < -0.3 is 15.9 Å². The first kappa shape index (κ1) is 14.3. The molecule has 0 bridgehead atoms. The highest BCUT2D eigenvalue weighted by Gasteiger charge is 2.25. The zero-order valence-corrected chi connectivity index (χ0v) is 12.5. The van der Waals surface area contributed by atoms with Crippen molar-refractivity contribution in [2.45, 2.75) is 45.1 Å². The number of aromatic hydroxyl groups is 1. The molecule has 1 aliphatic carbocycles. The van der Waals surface area contributed by atoms with E-state index in [2.05, 4.69) is 15.9 Å². The Morgan fingerprint density at radius 1 is 1.37 bits per heavy atom. The predicted molar refractivity (Wildman–Crippen MR) is 76.4 cm³/mol. The molecular weight excluding hydrogens is 310 g/mol. The number of carboxylic acids is 1. The first-order valence-electron chi connectivity index (χ1n) is 6.43. The number of rotatable bonds is 3. The van der Waals surface area contributed by atoms with Crippen LogP contribution in [0.25, 0.3) is 0 Å². The molecule has 4 N–H and O–H groups in total. The molecule has 0 saturated heterocycles. The average molecular weight is 328 g/mol. The lowest BCUT2D eigenvalue weighted by Gasteiger charge is -2.25. The molecule has 104 valence electrons. The Hall–Kier alpha value is -1.07. The minimum absolute atomic E-state index is 0.104. The number of carbonyl (C=O) groups is 1. The van der Waals surface area contributed by atoms with E-state index in [1.165, 1.54) is 5.56 Å². The van der Waals surface area contributed by atoms with Gasteiger partial charge in [-0.25, -0.2) is 0 Å². The van der Waals surface area contributed by atoms with Gasteiger partial charge in [-0.3, -0.25) is 4.79 Å². The van der Waals surface area contributed by atoms with Crippen LogP contribution < -0.4 is 5.73 Å². The zero-order chi connectivity index (χ0) is 14.2. The third-order valence-corrected chi connectivity index (χ3v) is 4.67. The topological polar surface area (TPSA) is 83.5 Å². The Morgan fingerprint density at radius 3 is 2.53 bits per heavy atom. The lowest BCUT2D eigenvalue weighted by atomic mass is 9.84. The van der Waals surface area contributed by atoms with Gasteiger partial charge in [-0.1, -0.05) is 0 Å². The van der Waals surface area contributed by atoms with Gasteiger partial charge >= 0.3 is 5.97 Å². The largest absolute Gasteiger partial charge is 0.506 e. The molecule has 0 fully saturated rings. The molecule has 4 nitrogen and oxygen atoms in total. The summed E-state index contributed by atoms with van der Waals surface area (Å²) in [6.07, 6.45) is 3.97. The van der Waals surface area contributed by atoms with Crippen LogP contribution in [0.1, 0.15) is 47.6 Å². The van der Waals surface area contributed by atoms with E-state index in [1.54, 1.807) is 0 Å². The average Bonchev–Trinajstić information content (AvgIpc) is 2.35. The monoisotopic (exact) mass is 327 g/mol. The highest BCUT2D eigenvalue weighted by Crippen LogP contribution is 2.42. The van der Waals surface area contributed by atoms with Gasteiger partial charge in [0, 0.05) is 11.6 Å². The van der Waals surface area contributed by atoms with E-state index in [1.807, 2.05) is 6.92 Å². The van der Waals surface area contributed by atoms with Crippen LogP contribution in [0.2, 0.25) is 0 Å². The van der Waals surface area contributed by atoms with Gasteiger partial charge in [-0.2, -0.15) is 0 Å². The number of aliphatic carboxylic acids is 1. The number of benzene rings is 1. The van der Waals surface area contributed by atoms with E-state index in [0.717, 1.165) is 36.8 Å². The smallest absolute Gasteiger partial charge is 0.305 e. The molecule has 0 spiro atoms. The molecule has 0 saturated carbocycles. The summed E-state index contributed by atoms with van der Waals surface area (Å²) < 4.78 is 0.684. The summed E-state index contributed by atoms with van der Waals surface area (Å²) in [6, 6.07) is -0.680. The number of nitrogens with two attached hydrogens (primary N) is 1. The van der Waals surface area contributed by atoms with Crippen LogP contribution in [0.4, 0.5) is 0 Å². The summed E-state index contributed by atoms with van der Waals surface area (Å²) in [5.74, 6) is -0.855. The van der Waals surface area contributed by atoms with E-state index in [0.29, 0.717) is 10.0 Å². The van der Waals surface area contributed by atoms with E-state index < -0.39 is 12.0 Å². The molecule has 0 heterocycles. The molecule has 5 heteroatoms. The second-order valence-corrected chi connectivity index (χ2v) is 5.86. The van der Waals surface area contributed by atoms with Crippen molar-refractivity contribution in [1.82, 2.24) is 0 Å². The van der Waals surface area contributed by atoms with Crippen LogP contribution in [0.15, 0.2) is 4.47 Å². The van der Waals surface area contributed by atoms with Crippen molar-refractivity contribution in [3.05, 3.63) is 26.7 Å². The van der Waals surface area contributed by atoms with Gasteiger partial charge in [0.05, 0.1) is 10.9 Å². The van der Waals surface area contributed by atoms with Crippen molar-refractivity contribution in [3.8, 4) is 5.75 Å². The highest BCUT2D eigenvalue weighted by atomic mass is 79.9. The molecule has 19 heavy (non-hydrogen) atoms. The molecule has 2 rings (SSSR count). The normalized spacial score (nSPS) is 15.9. The summed E-state index contributed by atoms with van der Waals surface area (Å²) in [7, 11) is 0. The minimum atomic E-state index is -0.958. The number of hydrogen-bond acceptors (Lipinski definition) is 3. The van der Waals surface area contributed by atoms with Crippen LogP contribution in [-0.4, -0.2) is 16.2 Å². The molecule has 1 unspecified atom stereocenters. The number of carboxylic acid groups (broad SMARTS) is 1. The second kappa shape index (κ2) is 5.51. The Morgan fingerprint density at radius 2 is 1.95 bits per heavy atom. The predicted octanol–water partition coefficient (Wildman–Crippen LogP) is 2.82. The molecule has 1 aliphatic rings. The molecule has 1 aromatic carbocycles. The SMILES string of the molecule is Cc1c2c(c(Br)c(O)c1C(N)CC(=O)O)CCCC2. The fourth-order valence-electron chi connectivity index (χ4n) is 2.91. The number of hydrogen-bond donors (Lipinski definition) is 3. The third kappa shape index (κ3) is 2.62. The number of phenolic OH excluding ortho intramolecular Hbond substituents is 1.